The van der Waals surface area contributed by atoms with Crippen LogP contribution in [0.4, 0.5) is 11.4 Å². The van der Waals surface area contributed by atoms with Crippen LogP contribution in [0.15, 0.2) is 30.5 Å². The molecule has 0 saturated carbocycles. The van der Waals surface area contributed by atoms with E-state index in [4.69, 9.17) is 15.2 Å². The molecule has 21 heavy (non-hydrogen) atoms. The standard InChI is InChI=1S/C16H19N3O2/c1-20-15-6-8-18-13(16(15)21-2)10-19-9-7-11-12(17)4-3-5-14(11)19/h3-6,8H,7,9-10,17H2,1-2H3. The predicted octanol–water partition coefficient (Wildman–Crippen LogP) is 2.24. The maximum Gasteiger partial charge on any atom is 0.184 e. The number of rotatable bonds is 4. The smallest absolute Gasteiger partial charge is 0.184 e. The van der Waals surface area contributed by atoms with E-state index in [9.17, 15) is 0 Å². The van der Waals surface area contributed by atoms with Crippen molar-refractivity contribution in [2.75, 3.05) is 31.4 Å². The van der Waals surface area contributed by atoms with Crippen LogP contribution in [0, 0.1) is 0 Å². The first kappa shape index (κ1) is 13.5. The zero-order chi connectivity index (χ0) is 14.8. The summed E-state index contributed by atoms with van der Waals surface area (Å²) < 4.78 is 10.8. The number of ether oxygens (including phenoxy) is 2. The molecule has 0 bridgehead atoms. The minimum atomic E-state index is 0.677. The van der Waals surface area contributed by atoms with Crippen molar-refractivity contribution in [2.24, 2.45) is 0 Å². The number of hydrogen-bond donors (Lipinski definition) is 1. The highest BCUT2D eigenvalue weighted by molar-refractivity contribution is 5.68. The third-order valence-corrected chi connectivity index (χ3v) is 3.87. The second kappa shape index (κ2) is 5.52. The molecule has 0 fully saturated rings. The van der Waals surface area contributed by atoms with Gasteiger partial charge in [0, 0.05) is 35.7 Å². The Bertz CT molecular complexity index is 658. The van der Waals surface area contributed by atoms with Gasteiger partial charge in [0.15, 0.2) is 11.5 Å². The van der Waals surface area contributed by atoms with Gasteiger partial charge in [-0.2, -0.15) is 0 Å². The molecule has 0 unspecified atom stereocenters. The molecule has 1 aliphatic rings. The van der Waals surface area contributed by atoms with Crippen molar-refractivity contribution in [3.8, 4) is 11.5 Å². The quantitative estimate of drug-likeness (QED) is 0.873. The van der Waals surface area contributed by atoms with Crippen LogP contribution in [-0.4, -0.2) is 25.7 Å². The van der Waals surface area contributed by atoms with E-state index in [2.05, 4.69) is 16.0 Å². The average Bonchev–Trinajstić information content (AvgIpc) is 2.91. The number of benzene rings is 1. The Hall–Kier alpha value is -2.43. The molecule has 0 radical (unpaired) electrons. The Balaban J connectivity index is 1.92. The highest BCUT2D eigenvalue weighted by Gasteiger charge is 2.23. The summed E-state index contributed by atoms with van der Waals surface area (Å²) in [5.74, 6) is 1.40. The van der Waals surface area contributed by atoms with Crippen LogP contribution in [0.2, 0.25) is 0 Å². The summed E-state index contributed by atoms with van der Waals surface area (Å²) in [5.41, 5.74) is 10.2. The van der Waals surface area contributed by atoms with Crippen LogP contribution in [-0.2, 0) is 13.0 Å². The molecular formula is C16H19N3O2. The van der Waals surface area contributed by atoms with E-state index in [1.54, 1.807) is 26.5 Å². The predicted molar refractivity (Wildman–Crippen MR) is 82.9 cm³/mol. The van der Waals surface area contributed by atoms with E-state index in [1.165, 1.54) is 11.3 Å². The van der Waals surface area contributed by atoms with E-state index in [-0.39, 0.29) is 0 Å². The van der Waals surface area contributed by atoms with Gasteiger partial charge < -0.3 is 20.1 Å². The largest absolute Gasteiger partial charge is 0.493 e. The highest BCUT2D eigenvalue weighted by Crippen LogP contribution is 2.35. The second-order valence-electron chi connectivity index (χ2n) is 5.01. The zero-order valence-electron chi connectivity index (χ0n) is 12.3. The summed E-state index contributed by atoms with van der Waals surface area (Å²) in [6.45, 7) is 1.61. The molecule has 0 amide bonds. The van der Waals surface area contributed by atoms with Crippen molar-refractivity contribution in [1.29, 1.82) is 0 Å². The average molecular weight is 285 g/mol. The van der Waals surface area contributed by atoms with Crippen molar-refractivity contribution < 1.29 is 9.47 Å². The van der Waals surface area contributed by atoms with Crippen LogP contribution < -0.4 is 20.1 Å². The molecule has 110 valence electrons. The molecule has 2 heterocycles. The summed E-state index contributed by atoms with van der Waals surface area (Å²) in [6.07, 6.45) is 2.71. The van der Waals surface area contributed by atoms with Crippen LogP contribution in [0.1, 0.15) is 11.3 Å². The third kappa shape index (κ3) is 2.35. The van der Waals surface area contributed by atoms with Gasteiger partial charge >= 0.3 is 0 Å². The van der Waals surface area contributed by atoms with Gasteiger partial charge in [-0.3, -0.25) is 4.98 Å². The minimum Gasteiger partial charge on any atom is -0.493 e. The van der Waals surface area contributed by atoms with E-state index < -0.39 is 0 Å². The second-order valence-corrected chi connectivity index (χ2v) is 5.01. The number of fused-ring (bicyclic) bond motifs is 1. The normalized spacial score (nSPS) is 13.1. The minimum absolute atomic E-state index is 0.677. The van der Waals surface area contributed by atoms with Crippen molar-refractivity contribution in [2.45, 2.75) is 13.0 Å². The molecule has 1 aliphatic heterocycles. The van der Waals surface area contributed by atoms with E-state index in [0.29, 0.717) is 18.0 Å². The summed E-state index contributed by atoms with van der Waals surface area (Å²) in [7, 11) is 3.27. The van der Waals surface area contributed by atoms with Crippen LogP contribution in [0.25, 0.3) is 0 Å². The number of nitrogen functional groups attached to an aromatic ring is 1. The van der Waals surface area contributed by atoms with Gasteiger partial charge in [-0.25, -0.2) is 0 Å². The molecule has 0 aliphatic carbocycles. The molecular weight excluding hydrogens is 266 g/mol. The van der Waals surface area contributed by atoms with Crippen molar-refractivity contribution in [1.82, 2.24) is 4.98 Å². The number of hydrogen-bond acceptors (Lipinski definition) is 5. The van der Waals surface area contributed by atoms with E-state index >= 15 is 0 Å². The number of methoxy groups -OCH3 is 2. The molecule has 1 aromatic heterocycles. The molecule has 2 aromatic rings. The van der Waals surface area contributed by atoms with Gasteiger partial charge in [0.2, 0.25) is 0 Å². The number of aromatic nitrogens is 1. The first-order valence-electron chi connectivity index (χ1n) is 6.92. The van der Waals surface area contributed by atoms with Crippen LogP contribution in [0.3, 0.4) is 0 Å². The third-order valence-electron chi connectivity index (χ3n) is 3.87. The molecule has 2 N–H and O–H groups in total. The monoisotopic (exact) mass is 285 g/mol. The van der Waals surface area contributed by atoms with Gasteiger partial charge in [-0.1, -0.05) is 6.07 Å². The summed E-state index contributed by atoms with van der Waals surface area (Å²) >= 11 is 0. The first-order chi connectivity index (χ1) is 10.2. The summed E-state index contributed by atoms with van der Waals surface area (Å²) in [6, 6.07) is 7.85. The lowest BCUT2D eigenvalue weighted by Gasteiger charge is -2.21. The van der Waals surface area contributed by atoms with Gasteiger partial charge in [0.25, 0.3) is 0 Å². The maximum atomic E-state index is 6.04. The van der Waals surface area contributed by atoms with Gasteiger partial charge in [-0.05, 0) is 18.6 Å². The molecule has 3 rings (SSSR count). The lowest BCUT2D eigenvalue weighted by molar-refractivity contribution is 0.349. The molecule has 0 spiro atoms. The molecule has 5 heteroatoms. The summed E-state index contributed by atoms with van der Waals surface area (Å²) in [4.78, 5) is 6.71. The number of nitrogens with zero attached hydrogens (tertiary/aromatic N) is 2. The first-order valence-corrected chi connectivity index (χ1v) is 6.92. The van der Waals surface area contributed by atoms with Gasteiger partial charge in [0.05, 0.1) is 20.8 Å². The van der Waals surface area contributed by atoms with E-state index in [1.807, 2.05) is 12.1 Å². The van der Waals surface area contributed by atoms with Crippen molar-refractivity contribution in [3.05, 3.63) is 41.7 Å². The van der Waals surface area contributed by atoms with Crippen LogP contribution in [0.5, 0.6) is 11.5 Å². The Morgan fingerprint density at radius 2 is 2.10 bits per heavy atom. The molecule has 0 atom stereocenters. The topological polar surface area (TPSA) is 60.6 Å². The number of anilines is 2. The molecule has 5 nitrogen and oxygen atoms in total. The van der Waals surface area contributed by atoms with Crippen molar-refractivity contribution >= 4 is 11.4 Å². The van der Waals surface area contributed by atoms with Gasteiger partial charge in [0.1, 0.15) is 5.69 Å². The Kier molecular flexibility index (Phi) is 3.56. The zero-order valence-corrected chi connectivity index (χ0v) is 12.3. The Labute approximate surface area is 124 Å². The number of pyridine rings is 1. The fraction of sp³-hybridized carbons (Fsp3) is 0.312. The fourth-order valence-electron chi connectivity index (χ4n) is 2.84. The SMILES string of the molecule is COc1ccnc(CN2CCc3c(N)cccc32)c1OC. The fourth-order valence-corrected chi connectivity index (χ4v) is 2.84. The molecule has 1 aromatic carbocycles. The lowest BCUT2D eigenvalue weighted by atomic mass is 10.1. The van der Waals surface area contributed by atoms with Gasteiger partial charge in [-0.15, -0.1) is 0 Å². The number of nitrogens with two attached hydrogens (primary N) is 1. The lowest BCUT2D eigenvalue weighted by Crippen LogP contribution is -2.21. The van der Waals surface area contributed by atoms with E-state index in [0.717, 1.165) is 24.3 Å². The van der Waals surface area contributed by atoms with Crippen LogP contribution >= 0.6 is 0 Å². The summed E-state index contributed by atoms with van der Waals surface area (Å²) in [5, 5.41) is 0. The maximum absolute atomic E-state index is 6.04. The highest BCUT2D eigenvalue weighted by atomic mass is 16.5. The Morgan fingerprint density at radius 3 is 2.86 bits per heavy atom. The van der Waals surface area contributed by atoms with Crippen molar-refractivity contribution in [3.63, 3.8) is 0 Å². The Morgan fingerprint density at radius 1 is 1.24 bits per heavy atom. The molecule has 0 saturated heterocycles.